The van der Waals surface area contributed by atoms with Crippen LogP contribution in [0.2, 0.25) is 0 Å². The molecule has 0 saturated heterocycles. The molecular weight excluding hydrogens is 635 g/mol. The predicted octanol–water partition coefficient (Wildman–Crippen LogP) is 8.15. The van der Waals surface area contributed by atoms with Gasteiger partial charge in [-0.05, 0) is 96.1 Å². The van der Waals surface area contributed by atoms with Crippen LogP contribution in [0.1, 0.15) is 51.2 Å². The summed E-state index contributed by atoms with van der Waals surface area (Å²) in [4.78, 5) is 20.9. The van der Waals surface area contributed by atoms with Crippen LogP contribution in [0.4, 0.5) is 11.4 Å². The molecule has 0 spiro atoms. The number of pyridine rings is 1. The molecule has 1 amide bonds. The van der Waals surface area contributed by atoms with Crippen LogP contribution in [0, 0.1) is 5.92 Å². The summed E-state index contributed by atoms with van der Waals surface area (Å²) < 4.78 is 29.8. The van der Waals surface area contributed by atoms with E-state index in [1.807, 2.05) is 24.3 Å². The van der Waals surface area contributed by atoms with Gasteiger partial charge in [-0.3, -0.25) is 9.00 Å². The second-order valence-electron chi connectivity index (χ2n) is 12.5. The molecule has 2 heterocycles. The van der Waals surface area contributed by atoms with Crippen LogP contribution < -0.4 is 19.7 Å². The first-order chi connectivity index (χ1) is 23.8. The summed E-state index contributed by atoms with van der Waals surface area (Å²) in [5.74, 6) is 1.90. The van der Waals surface area contributed by atoms with Crippen LogP contribution in [-0.2, 0) is 26.1 Å². The molecule has 0 aliphatic carbocycles. The Morgan fingerprint density at radius 2 is 1.76 bits per heavy atom. The van der Waals surface area contributed by atoms with Gasteiger partial charge in [-0.15, -0.1) is 0 Å². The molecule has 1 aliphatic rings. The molecule has 0 radical (unpaired) electrons. The number of carbonyl (C=O) groups excluding carboxylic acids is 1. The van der Waals surface area contributed by atoms with Crippen LogP contribution in [0.25, 0.3) is 17.2 Å². The van der Waals surface area contributed by atoms with Gasteiger partial charge in [-0.2, -0.15) is 0 Å². The van der Waals surface area contributed by atoms with E-state index in [1.165, 1.54) is 0 Å². The maximum atomic E-state index is 13.6. The first kappa shape index (κ1) is 35.8. The Hall–Kier alpha value is -4.47. The zero-order valence-corrected chi connectivity index (χ0v) is 29.8. The number of nitrogens with zero attached hydrogens (tertiary/aromatic N) is 2. The highest BCUT2D eigenvalue weighted by molar-refractivity contribution is 7.84. The van der Waals surface area contributed by atoms with Gasteiger partial charge in [0, 0.05) is 53.3 Å². The van der Waals surface area contributed by atoms with Gasteiger partial charge in [0.1, 0.15) is 12.4 Å². The quantitative estimate of drug-likeness (QED) is 0.119. The van der Waals surface area contributed by atoms with E-state index in [-0.39, 0.29) is 11.7 Å². The lowest BCUT2D eigenvalue weighted by molar-refractivity contribution is -0.112. The summed E-state index contributed by atoms with van der Waals surface area (Å²) in [6, 6.07) is 25.4. The fourth-order valence-corrected chi connectivity index (χ4v) is 6.85. The molecule has 1 unspecified atom stereocenters. The van der Waals surface area contributed by atoms with Crippen molar-refractivity contribution in [3.05, 3.63) is 102 Å². The van der Waals surface area contributed by atoms with Gasteiger partial charge in [0.05, 0.1) is 30.3 Å². The minimum absolute atomic E-state index is 0.142. The average Bonchev–Trinajstić information content (AvgIpc) is 3.29. The zero-order valence-electron chi connectivity index (χ0n) is 28.9. The van der Waals surface area contributed by atoms with Gasteiger partial charge in [0.25, 0.3) is 5.91 Å². The number of ether oxygens (including phenoxy) is 3. The lowest BCUT2D eigenvalue weighted by atomic mass is 10.00. The van der Waals surface area contributed by atoms with Gasteiger partial charge >= 0.3 is 0 Å². The summed E-state index contributed by atoms with van der Waals surface area (Å²) in [6.45, 7) is 10.1. The number of aromatic nitrogens is 1. The Bertz CT molecular complexity index is 1740. The molecule has 0 saturated carbocycles. The van der Waals surface area contributed by atoms with Crippen LogP contribution in [0.15, 0.2) is 95.5 Å². The Morgan fingerprint density at radius 1 is 0.980 bits per heavy atom. The van der Waals surface area contributed by atoms with Crippen molar-refractivity contribution in [1.82, 2.24) is 4.98 Å². The predicted molar refractivity (Wildman–Crippen MR) is 199 cm³/mol. The first-order valence-electron chi connectivity index (χ1n) is 17.0. The maximum Gasteiger partial charge on any atom is 0.251 e. The monoisotopic (exact) mass is 681 g/mol. The van der Waals surface area contributed by atoms with Crippen molar-refractivity contribution in [2.45, 2.75) is 50.7 Å². The van der Waals surface area contributed by atoms with Crippen LogP contribution >= 0.6 is 0 Å². The van der Waals surface area contributed by atoms with Crippen molar-refractivity contribution in [2.24, 2.45) is 5.92 Å². The van der Waals surface area contributed by atoms with Crippen molar-refractivity contribution in [1.29, 1.82) is 0 Å². The van der Waals surface area contributed by atoms with Gasteiger partial charge in [0.15, 0.2) is 0 Å². The van der Waals surface area contributed by atoms with Gasteiger partial charge < -0.3 is 24.4 Å². The van der Waals surface area contributed by atoms with Crippen LogP contribution in [-0.4, -0.2) is 55.1 Å². The third kappa shape index (κ3) is 10.0. The summed E-state index contributed by atoms with van der Waals surface area (Å²) >= 11 is 0. The highest BCUT2D eigenvalue weighted by Crippen LogP contribution is 2.34. The minimum atomic E-state index is -1.29. The molecule has 8 nitrogen and oxygen atoms in total. The molecule has 1 aromatic heterocycles. The number of methoxy groups -OCH3 is 1. The van der Waals surface area contributed by atoms with Crippen molar-refractivity contribution in [3.63, 3.8) is 0 Å². The third-order valence-corrected chi connectivity index (χ3v) is 9.63. The maximum absolute atomic E-state index is 13.6. The Balaban J connectivity index is 1.28. The standard InChI is InChI=1S/C40H47N3O5S/c1-5-6-22-47-23-24-48-36-14-9-30(10-15-36)31-11-18-38-34(25-31)26-32(19-21-43(38)27-29(2)3)39(44)42-35-12-16-37(17-13-35)49(45)28-33-8-7-20-41-40(33)46-4/h7-18,20,25-26,29H,5-6,19,21-24,27-28H2,1-4H3,(H,42,44). The number of carbonyl (C=O) groups is 1. The Morgan fingerprint density at radius 3 is 2.49 bits per heavy atom. The average molecular weight is 682 g/mol. The smallest absolute Gasteiger partial charge is 0.251 e. The number of anilines is 2. The van der Waals surface area contributed by atoms with E-state index < -0.39 is 10.8 Å². The van der Waals surface area contributed by atoms with Gasteiger partial charge in [0.2, 0.25) is 5.88 Å². The van der Waals surface area contributed by atoms with Gasteiger partial charge in [-0.25, -0.2) is 4.98 Å². The molecular formula is C40H47N3O5S. The van der Waals surface area contributed by atoms with E-state index in [9.17, 15) is 9.00 Å². The molecule has 1 N–H and O–H groups in total. The number of hydrogen-bond acceptors (Lipinski definition) is 7. The van der Waals surface area contributed by atoms with E-state index in [0.717, 1.165) is 66.2 Å². The molecule has 1 aliphatic heterocycles. The SMILES string of the molecule is CCCCOCCOc1ccc(-c2ccc3c(c2)C=C(C(=O)Nc2ccc(S(=O)Cc4cccnc4OC)cc2)CCN3CC(C)C)cc1. The van der Waals surface area contributed by atoms with Crippen molar-refractivity contribution < 1.29 is 23.2 Å². The number of fused-ring (bicyclic) bond motifs is 1. The van der Waals surface area contributed by atoms with Gasteiger partial charge in [-0.1, -0.05) is 51.5 Å². The number of benzene rings is 3. The molecule has 4 aromatic rings. The summed E-state index contributed by atoms with van der Waals surface area (Å²) in [6.07, 6.45) is 6.47. The molecule has 0 bridgehead atoms. The van der Waals surface area contributed by atoms with Crippen LogP contribution in [0.3, 0.4) is 0 Å². The molecule has 9 heteroatoms. The topological polar surface area (TPSA) is 90.0 Å². The third-order valence-electron chi connectivity index (χ3n) is 8.26. The lowest BCUT2D eigenvalue weighted by Crippen LogP contribution is -2.29. The van der Waals surface area contributed by atoms with E-state index in [4.69, 9.17) is 14.2 Å². The van der Waals surface area contributed by atoms with E-state index in [1.54, 1.807) is 43.6 Å². The fourth-order valence-electron chi connectivity index (χ4n) is 5.74. The van der Waals surface area contributed by atoms with E-state index in [0.29, 0.717) is 47.6 Å². The molecule has 258 valence electrons. The van der Waals surface area contributed by atoms with E-state index in [2.05, 4.69) is 66.3 Å². The zero-order chi connectivity index (χ0) is 34.6. The summed E-state index contributed by atoms with van der Waals surface area (Å²) in [7, 11) is 0.261. The Labute approximate surface area is 293 Å². The highest BCUT2D eigenvalue weighted by atomic mass is 32.2. The summed E-state index contributed by atoms with van der Waals surface area (Å²) in [5.41, 5.74) is 6.43. The number of rotatable bonds is 16. The van der Waals surface area contributed by atoms with Crippen molar-refractivity contribution in [2.75, 3.05) is 50.2 Å². The lowest BCUT2D eigenvalue weighted by Gasteiger charge is -2.27. The number of amides is 1. The molecule has 0 fully saturated rings. The second-order valence-corrected chi connectivity index (χ2v) is 14.0. The first-order valence-corrected chi connectivity index (χ1v) is 18.3. The Kier molecular flexibility index (Phi) is 13.0. The van der Waals surface area contributed by atoms with Crippen molar-refractivity contribution in [3.8, 4) is 22.8 Å². The minimum Gasteiger partial charge on any atom is -0.491 e. The number of unbranched alkanes of at least 4 members (excludes halogenated alkanes) is 1. The highest BCUT2D eigenvalue weighted by Gasteiger charge is 2.21. The molecule has 5 rings (SSSR count). The van der Waals surface area contributed by atoms with E-state index >= 15 is 0 Å². The molecule has 3 aromatic carbocycles. The second kappa shape index (κ2) is 17.8. The normalized spacial score (nSPS) is 13.3. The van der Waals surface area contributed by atoms with Crippen molar-refractivity contribution >= 4 is 34.2 Å². The number of hydrogen-bond donors (Lipinski definition) is 1. The molecule has 1 atom stereocenters. The summed E-state index contributed by atoms with van der Waals surface area (Å²) in [5, 5.41) is 3.07. The van der Waals surface area contributed by atoms with Crippen LogP contribution in [0.5, 0.6) is 11.6 Å². The fraction of sp³-hybridized carbons (Fsp3) is 0.350. The number of nitrogens with one attached hydrogen (secondary N) is 1. The largest absolute Gasteiger partial charge is 0.491 e. The molecule has 49 heavy (non-hydrogen) atoms.